The average molecular weight is 424 g/mol. The summed E-state index contributed by atoms with van der Waals surface area (Å²) in [4.78, 5) is 7.26. The minimum Gasteiger partial charge on any atom is -0.467 e. The predicted molar refractivity (Wildman–Crippen MR) is 103 cm³/mol. The van der Waals surface area contributed by atoms with Crippen molar-refractivity contribution in [2.75, 3.05) is 31.1 Å². The lowest BCUT2D eigenvalue weighted by Crippen LogP contribution is -2.30. The van der Waals surface area contributed by atoms with Crippen LogP contribution in [0.4, 0.5) is 5.95 Å². The highest BCUT2D eigenvalue weighted by Gasteiger charge is 2.18. The number of imidazole rings is 1. The molecule has 0 amide bonds. The Labute approximate surface area is 152 Å². The van der Waals surface area contributed by atoms with Crippen LogP contribution in [0.2, 0.25) is 0 Å². The standard InChI is InChI=1S/C17H20N4O.HI/c1-2-7-16-15(6-1)19-17(20-10-4-8-18-9-11-20)21(16)13-14-5-3-12-22-14;/h1-3,5-7,12,18H,4,8-11,13H2;1H. The lowest BCUT2D eigenvalue weighted by Gasteiger charge is -2.22. The summed E-state index contributed by atoms with van der Waals surface area (Å²) in [5.41, 5.74) is 2.20. The minimum atomic E-state index is 0. The van der Waals surface area contributed by atoms with Crippen molar-refractivity contribution in [3.05, 3.63) is 48.4 Å². The van der Waals surface area contributed by atoms with Crippen molar-refractivity contribution in [2.45, 2.75) is 13.0 Å². The molecule has 0 spiro atoms. The van der Waals surface area contributed by atoms with Crippen LogP contribution in [0.1, 0.15) is 12.2 Å². The van der Waals surface area contributed by atoms with E-state index in [-0.39, 0.29) is 24.0 Å². The normalized spacial score (nSPS) is 15.4. The molecule has 2 aromatic heterocycles. The van der Waals surface area contributed by atoms with E-state index in [1.54, 1.807) is 6.26 Å². The molecule has 1 fully saturated rings. The lowest BCUT2D eigenvalue weighted by molar-refractivity contribution is 0.495. The van der Waals surface area contributed by atoms with E-state index in [2.05, 4.69) is 33.0 Å². The monoisotopic (exact) mass is 424 g/mol. The van der Waals surface area contributed by atoms with Gasteiger partial charge in [-0.05, 0) is 37.2 Å². The molecule has 1 aromatic carbocycles. The van der Waals surface area contributed by atoms with Crippen LogP contribution >= 0.6 is 24.0 Å². The average Bonchev–Trinajstić information content (AvgIpc) is 3.09. The van der Waals surface area contributed by atoms with E-state index in [1.807, 2.05) is 18.2 Å². The second-order valence-corrected chi connectivity index (χ2v) is 5.66. The number of benzene rings is 1. The summed E-state index contributed by atoms with van der Waals surface area (Å²) in [6.07, 6.45) is 2.87. The molecule has 122 valence electrons. The highest BCUT2D eigenvalue weighted by molar-refractivity contribution is 14.0. The predicted octanol–water partition coefficient (Wildman–Crippen LogP) is 3.10. The summed E-state index contributed by atoms with van der Waals surface area (Å²) >= 11 is 0. The third-order valence-corrected chi connectivity index (χ3v) is 4.15. The Bertz CT molecular complexity index is 745. The molecule has 0 saturated carbocycles. The number of nitrogens with one attached hydrogen (secondary N) is 1. The Morgan fingerprint density at radius 3 is 2.87 bits per heavy atom. The van der Waals surface area contributed by atoms with Crippen molar-refractivity contribution in [1.29, 1.82) is 0 Å². The van der Waals surface area contributed by atoms with Gasteiger partial charge in [0.2, 0.25) is 5.95 Å². The van der Waals surface area contributed by atoms with Gasteiger partial charge in [-0.25, -0.2) is 4.98 Å². The summed E-state index contributed by atoms with van der Waals surface area (Å²) in [7, 11) is 0. The van der Waals surface area contributed by atoms with E-state index >= 15 is 0 Å². The first kappa shape index (κ1) is 16.3. The topological polar surface area (TPSA) is 46.2 Å². The zero-order valence-electron chi connectivity index (χ0n) is 12.9. The van der Waals surface area contributed by atoms with E-state index in [0.717, 1.165) is 55.3 Å². The Morgan fingerprint density at radius 2 is 2.00 bits per heavy atom. The molecule has 1 N–H and O–H groups in total. The summed E-state index contributed by atoms with van der Waals surface area (Å²) in [5.74, 6) is 2.00. The molecule has 3 aromatic rings. The van der Waals surface area contributed by atoms with Crippen LogP contribution in [-0.2, 0) is 6.54 Å². The zero-order chi connectivity index (χ0) is 14.8. The second kappa shape index (κ2) is 7.35. The molecule has 5 nitrogen and oxygen atoms in total. The van der Waals surface area contributed by atoms with Crippen molar-refractivity contribution in [1.82, 2.24) is 14.9 Å². The van der Waals surface area contributed by atoms with Crippen LogP contribution in [0.15, 0.2) is 47.1 Å². The first-order chi connectivity index (χ1) is 10.9. The van der Waals surface area contributed by atoms with Gasteiger partial charge in [-0.1, -0.05) is 12.1 Å². The molecular formula is C17H21IN4O. The highest BCUT2D eigenvalue weighted by atomic mass is 127. The Kier molecular flexibility index (Phi) is 5.22. The number of anilines is 1. The Balaban J connectivity index is 0.00000156. The fraction of sp³-hybridized carbons (Fsp3) is 0.353. The highest BCUT2D eigenvalue weighted by Crippen LogP contribution is 2.24. The number of aromatic nitrogens is 2. The second-order valence-electron chi connectivity index (χ2n) is 5.66. The number of hydrogen-bond donors (Lipinski definition) is 1. The SMILES string of the molecule is I.c1coc(Cn2c(N3CCCNCC3)nc3ccccc32)c1. The van der Waals surface area contributed by atoms with Gasteiger partial charge in [-0.2, -0.15) is 0 Å². The smallest absolute Gasteiger partial charge is 0.207 e. The molecule has 0 aliphatic carbocycles. The van der Waals surface area contributed by atoms with Crippen LogP contribution < -0.4 is 10.2 Å². The van der Waals surface area contributed by atoms with Gasteiger partial charge in [0, 0.05) is 19.6 Å². The summed E-state index contributed by atoms with van der Waals surface area (Å²) in [6.45, 7) is 4.82. The third kappa shape index (κ3) is 3.37. The van der Waals surface area contributed by atoms with E-state index in [9.17, 15) is 0 Å². The van der Waals surface area contributed by atoms with Gasteiger partial charge < -0.3 is 19.2 Å². The van der Waals surface area contributed by atoms with Crippen LogP contribution in [-0.4, -0.2) is 35.7 Å². The molecule has 3 heterocycles. The number of hydrogen-bond acceptors (Lipinski definition) is 4. The van der Waals surface area contributed by atoms with Crippen LogP contribution in [0.3, 0.4) is 0 Å². The minimum absolute atomic E-state index is 0. The molecular weight excluding hydrogens is 403 g/mol. The molecule has 1 saturated heterocycles. The molecule has 23 heavy (non-hydrogen) atoms. The molecule has 6 heteroatoms. The number of furan rings is 1. The van der Waals surface area contributed by atoms with Gasteiger partial charge in [0.1, 0.15) is 5.76 Å². The van der Waals surface area contributed by atoms with E-state index < -0.39 is 0 Å². The number of para-hydroxylation sites is 2. The van der Waals surface area contributed by atoms with Gasteiger partial charge in [0.25, 0.3) is 0 Å². The number of halogens is 1. The zero-order valence-corrected chi connectivity index (χ0v) is 15.3. The fourth-order valence-electron chi connectivity index (χ4n) is 3.06. The number of fused-ring (bicyclic) bond motifs is 1. The van der Waals surface area contributed by atoms with Crippen molar-refractivity contribution < 1.29 is 4.42 Å². The van der Waals surface area contributed by atoms with Gasteiger partial charge in [0.15, 0.2) is 0 Å². The maximum Gasteiger partial charge on any atom is 0.207 e. The van der Waals surface area contributed by atoms with E-state index in [0.29, 0.717) is 6.54 Å². The van der Waals surface area contributed by atoms with Crippen molar-refractivity contribution in [2.24, 2.45) is 0 Å². The van der Waals surface area contributed by atoms with Crippen molar-refractivity contribution >= 4 is 41.0 Å². The Morgan fingerprint density at radius 1 is 1.09 bits per heavy atom. The lowest BCUT2D eigenvalue weighted by atomic mass is 10.3. The van der Waals surface area contributed by atoms with Crippen LogP contribution in [0.5, 0.6) is 0 Å². The van der Waals surface area contributed by atoms with E-state index in [4.69, 9.17) is 9.40 Å². The van der Waals surface area contributed by atoms with Gasteiger partial charge in [-0.15, -0.1) is 24.0 Å². The Hall–Kier alpha value is -1.54. The number of rotatable bonds is 3. The maximum absolute atomic E-state index is 5.54. The van der Waals surface area contributed by atoms with Gasteiger partial charge >= 0.3 is 0 Å². The summed E-state index contributed by atoms with van der Waals surface area (Å²) in [5, 5.41) is 3.45. The first-order valence-electron chi connectivity index (χ1n) is 7.85. The maximum atomic E-state index is 5.54. The van der Waals surface area contributed by atoms with Gasteiger partial charge in [0.05, 0.1) is 23.8 Å². The molecule has 0 radical (unpaired) electrons. The largest absolute Gasteiger partial charge is 0.467 e. The molecule has 1 aliphatic rings. The first-order valence-corrected chi connectivity index (χ1v) is 7.85. The van der Waals surface area contributed by atoms with Crippen molar-refractivity contribution in [3.63, 3.8) is 0 Å². The molecule has 1 aliphatic heterocycles. The summed E-state index contributed by atoms with van der Waals surface area (Å²) in [6, 6.07) is 12.3. The fourth-order valence-corrected chi connectivity index (χ4v) is 3.06. The summed E-state index contributed by atoms with van der Waals surface area (Å²) < 4.78 is 7.81. The van der Waals surface area contributed by atoms with Crippen LogP contribution in [0.25, 0.3) is 11.0 Å². The van der Waals surface area contributed by atoms with Gasteiger partial charge in [-0.3, -0.25) is 0 Å². The quantitative estimate of drug-likeness (QED) is 0.657. The molecule has 0 atom stereocenters. The van der Waals surface area contributed by atoms with Crippen molar-refractivity contribution in [3.8, 4) is 0 Å². The third-order valence-electron chi connectivity index (χ3n) is 4.15. The molecule has 4 rings (SSSR count). The number of nitrogens with zero attached hydrogens (tertiary/aromatic N) is 3. The van der Waals surface area contributed by atoms with E-state index in [1.165, 1.54) is 0 Å². The molecule has 0 unspecified atom stereocenters. The molecule has 0 bridgehead atoms. The van der Waals surface area contributed by atoms with Crippen LogP contribution in [0, 0.1) is 0 Å².